The van der Waals surface area contributed by atoms with E-state index in [1.165, 1.54) is 18.6 Å². The van der Waals surface area contributed by atoms with E-state index < -0.39 is 0 Å². The third-order valence-corrected chi connectivity index (χ3v) is 7.68. The van der Waals surface area contributed by atoms with Crippen LogP contribution in [-0.4, -0.2) is 50.8 Å². The van der Waals surface area contributed by atoms with Crippen molar-refractivity contribution in [1.29, 1.82) is 0 Å². The highest BCUT2D eigenvalue weighted by Gasteiger charge is 2.41. The van der Waals surface area contributed by atoms with Crippen LogP contribution in [0.5, 0.6) is 0 Å². The number of ether oxygens (including phenoxy) is 1. The second-order valence-electron chi connectivity index (χ2n) is 10.1. The van der Waals surface area contributed by atoms with Gasteiger partial charge in [0.25, 0.3) is 6.02 Å². The van der Waals surface area contributed by atoms with Crippen LogP contribution in [-0.2, 0) is 9.53 Å². The van der Waals surface area contributed by atoms with Gasteiger partial charge in [-0.3, -0.25) is 9.69 Å². The van der Waals surface area contributed by atoms with E-state index in [4.69, 9.17) is 14.7 Å². The van der Waals surface area contributed by atoms with Gasteiger partial charge in [0.1, 0.15) is 24.2 Å². The molecule has 0 radical (unpaired) electrons. The average Bonchev–Trinajstić information content (AvgIpc) is 3.51. The Hall–Kier alpha value is -3.49. The first-order valence-corrected chi connectivity index (χ1v) is 13.0. The smallest absolute Gasteiger partial charge is 0.298 e. The number of carbonyl (C=O) groups excluding carboxylic acids is 1. The van der Waals surface area contributed by atoms with Crippen LogP contribution >= 0.6 is 0 Å². The molecular weight excluding hydrogens is 459 g/mol. The second-order valence-corrected chi connectivity index (χ2v) is 10.1. The lowest BCUT2D eigenvalue weighted by Gasteiger charge is -2.36. The lowest BCUT2D eigenvalue weighted by atomic mass is 9.87. The molecule has 188 valence electrons. The number of amidine groups is 1. The van der Waals surface area contributed by atoms with Crippen LogP contribution in [0.1, 0.15) is 68.3 Å². The van der Waals surface area contributed by atoms with Gasteiger partial charge in [-0.05, 0) is 49.4 Å². The topological polar surface area (TPSA) is 83.0 Å². The first kappa shape index (κ1) is 22.9. The SMILES string of the molecule is O=C(C1CCCCC1)N1CCC[C@@H](Nc2nccc(C3C(c4ccc(F)cc4)N=C4OC=CN43)n2)C1. The Labute approximate surface area is 210 Å². The Balaban J connectivity index is 1.18. The first-order valence-electron chi connectivity index (χ1n) is 13.0. The van der Waals surface area contributed by atoms with Crippen molar-refractivity contribution >= 4 is 17.9 Å². The number of amides is 1. The number of anilines is 1. The summed E-state index contributed by atoms with van der Waals surface area (Å²) in [5, 5.41) is 3.48. The minimum atomic E-state index is -0.286. The molecule has 3 atom stereocenters. The number of fused-ring (bicyclic) bond motifs is 1. The highest BCUT2D eigenvalue weighted by atomic mass is 19.1. The summed E-state index contributed by atoms with van der Waals surface area (Å²) in [6.07, 6.45) is 12.8. The number of carbonyl (C=O) groups is 1. The van der Waals surface area contributed by atoms with Crippen LogP contribution in [0.4, 0.5) is 10.3 Å². The van der Waals surface area contributed by atoms with Crippen molar-refractivity contribution in [3.05, 3.63) is 66.1 Å². The maximum atomic E-state index is 13.5. The van der Waals surface area contributed by atoms with Gasteiger partial charge in [0.2, 0.25) is 11.9 Å². The fourth-order valence-electron chi connectivity index (χ4n) is 5.85. The quantitative estimate of drug-likeness (QED) is 0.662. The van der Waals surface area contributed by atoms with Crippen molar-refractivity contribution in [2.24, 2.45) is 10.9 Å². The molecule has 1 aromatic heterocycles. The molecule has 3 aliphatic heterocycles. The van der Waals surface area contributed by atoms with E-state index in [2.05, 4.69) is 10.3 Å². The highest BCUT2D eigenvalue weighted by molar-refractivity contribution is 5.81. The number of nitrogens with one attached hydrogen (secondary N) is 1. The molecular formula is C27H31FN6O2. The van der Waals surface area contributed by atoms with Crippen molar-refractivity contribution in [2.75, 3.05) is 18.4 Å². The molecule has 1 saturated heterocycles. The summed E-state index contributed by atoms with van der Waals surface area (Å²) in [6, 6.07) is 8.39. The second kappa shape index (κ2) is 9.87. The van der Waals surface area contributed by atoms with Crippen molar-refractivity contribution in [3.63, 3.8) is 0 Å². The van der Waals surface area contributed by atoms with Crippen molar-refractivity contribution in [3.8, 4) is 0 Å². The zero-order valence-electron chi connectivity index (χ0n) is 20.2. The summed E-state index contributed by atoms with van der Waals surface area (Å²) in [5.74, 6) is 0.761. The molecule has 2 unspecified atom stereocenters. The third kappa shape index (κ3) is 4.54. The average molecular weight is 491 g/mol. The van der Waals surface area contributed by atoms with Gasteiger partial charge < -0.3 is 15.0 Å². The fraction of sp³-hybridized carbons (Fsp3) is 0.481. The summed E-state index contributed by atoms with van der Waals surface area (Å²) in [5.41, 5.74) is 1.68. The minimum absolute atomic E-state index is 0.111. The maximum absolute atomic E-state index is 13.5. The number of rotatable bonds is 5. The van der Waals surface area contributed by atoms with Crippen molar-refractivity contribution in [1.82, 2.24) is 19.8 Å². The van der Waals surface area contributed by atoms with Crippen LogP contribution in [0, 0.1) is 11.7 Å². The maximum Gasteiger partial charge on any atom is 0.298 e. The van der Waals surface area contributed by atoms with Gasteiger partial charge in [-0.15, -0.1) is 0 Å². The molecule has 2 fully saturated rings. The van der Waals surface area contributed by atoms with Gasteiger partial charge in [0, 0.05) is 37.4 Å². The van der Waals surface area contributed by atoms with E-state index in [1.54, 1.807) is 24.6 Å². The van der Waals surface area contributed by atoms with E-state index in [9.17, 15) is 9.18 Å². The predicted molar refractivity (Wildman–Crippen MR) is 133 cm³/mol. The minimum Gasteiger partial charge on any atom is -0.432 e. The van der Waals surface area contributed by atoms with Gasteiger partial charge in [0.15, 0.2) is 0 Å². The number of benzene rings is 1. The van der Waals surface area contributed by atoms with E-state index in [0.29, 0.717) is 24.4 Å². The van der Waals surface area contributed by atoms with Gasteiger partial charge in [-0.25, -0.2) is 19.4 Å². The Kier molecular flexibility index (Phi) is 6.29. The monoisotopic (exact) mass is 490 g/mol. The molecule has 1 aliphatic carbocycles. The van der Waals surface area contributed by atoms with E-state index in [0.717, 1.165) is 56.3 Å². The van der Waals surface area contributed by atoms with Crippen LogP contribution in [0.25, 0.3) is 0 Å². The number of hydrogen-bond acceptors (Lipinski definition) is 7. The third-order valence-electron chi connectivity index (χ3n) is 7.68. The Morgan fingerprint density at radius 2 is 1.89 bits per heavy atom. The zero-order valence-corrected chi connectivity index (χ0v) is 20.2. The molecule has 0 bridgehead atoms. The molecule has 0 spiro atoms. The molecule has 8 nitrogen and oxygen atoms in total. The number of piperidine rings is 1. The lowest BCUT2D eigenvalue weighted by Crippen LogP contribution is -2.47. The number of hydrogen-bond donors (Lipinski definition) is 1. The van der Waals surface area contributed by atoms with E-state index in [-0.39, 0.29) is 29.9 Å². The normalized spacial score (nSPS) is 25.9. The molecule has 1 N–H and O–H groups in total. The standard InChI is InChI=1S/C27H31FN6O2/c28-20-10-8-18(9-11-20)23-24(34-15-16-36-27(34)32-23)22-12-13-29-26(31-22)30-21-7-4-14-33(17-21)25(35)19-5-2-1-3-6-19/h8-13,15-16,19,21,23-24H,1-7,14,17H2,(H,29,30,31)/t21-,23?,24?/m1/s1. The van der Waals surface area contributed by atoms with Gasteiger partial charge in [-0.1, -0.05) is 31.4 Å². The summed E-state index contributed by atoms with van der Waals surface area (Å²) in [7, 11) is 0. The lowest BCUT2D eigenvalue weighted by molar-refractivity contribution is -0.137. The largest absolute Gasteiger partial charge is 0.432 e. The number of aliphatic imine (C=N–C) groups is 1. The van der Waals surface area contributed by atoms with Crippen molar-refractivity contribution < 1.29 is 13.9 Å². The molecule has 4 heterocycles. The fourth-order valence-corrected chi connectivity index (χ4v) is 5.85. The van der Waals surface area contributed by atoms with Crippen LogP contribution in [0.2, 0.25) is 0 Å². The van der Waals surface area contributed by atoms with Gasteiger partial charge in [-0.2, -0.15) is 0 Å². The van der Waals surface area contributed by atoms with Gasteiger partial charge in [0.05, 0.1) is 5.69 Å². The summed E-state index contributed by atoms with van der Waals surface area (Å²) < 4.78 is 19.1. The zero-order chi connectivity index (χ0) is 24.5. The number of halogens is 1. The van der Waals surface area contributed by atoms with Gasteiger partial charge >= 0.3 is 0 Å². The molecule has 1 amide bonds. The highest BCUT2D eigenvalue weighted by Crippen LogP contribution is 2.43. The molecule has 2 aromatic rings. The molecule has 9 heteroatoms. The van der Waals surface area contributed by atoms with E-state index in [1.807, 2.05) is 22.1 Å². The molecule has 4 aliphatic rings. The van der Waals surface area contributed by atoms with Crippen LogP contribution < -0.4 is 5.32 Å². The first-order chi connectivity index (χ1) is 17.7. The van der Waals surface area contributed by atoms with Crippen LogP contribution in [0.3, 0.4) is 0 Å². The Morgan fingerprint density at radius 1 is 1.06 bits per heavy atom. The predicted octanol–water partition coefficient (Wildman–Crippen LogP) is 4.55. The summed E-state index contributed by atoms with van der Waals surface area (Å²) in [4.78, 5) is 31.1. The molecule has 1 aromatic carbocycles. The number of nitrogens with zero attached hydrogens (tertiary/aromatic N) is 5. The number of aromatic nitrogens is 2. The van der Waals surface area contributed by atoms with Crippen molar-refractivity contribution in [2.45, 2.75) is 63.1 Å². The molecule has 6 rings (SSSR count). The molecule has 36 heavy (non-hydrogen) atoms. The van der Waals surface area contributed by atoms with E-state index >= 15 is 0 Å². The Morgan fingerprint density at radius 3 is 2.72 bits per heavy atom. The van der Waals surface area contributed by atoms with Crippen LogP contribution in [0.15, 0.2) is 54.0 Å². The molecule has 1 saturated carbocycles. The Bertz CT molecular complexity index is 1160. The number of likely N-dealkylation sites (tertiary alicyclic amines) is 1. The summed E-state index contributed by atoms with van der Waals surface area (Å²) >= 11 is 0. The summed E-state index contributed by atoms with van der Waals surface area (Å²) in [6.45, 7) is 1.51.